The SMILES string of the molecule is CCCC(CCO)CN=C(NCC)NC1CCN(C2CCCC2)CC1.I. The number of halogens is 1. The fourth-order valence-electron chi connectivity index (χ4n) is 4.33. The lowest BCUT2D eigenvalue weighted by molar-refractivity contribution is 0.150. The Hall–Kier alpha value is -0.0800. The summed E-state index contributed by atoms with van der Waals surface area (Å²) in [6, 6.07) is 1.40. The molecule has 1 saturated heterocycles. The van der Waals surface area contributed by atoms with E-state index in [2.05, 4.69) is 29.4 Å². The Bertz CT molecular complexity index is 374. The third-order valence-electron chi connectivity index (χ3n) is 5.80. The van der Waals surface area contributed by atoms with E-state index in [0.29, 0.717) is 12.0 Å². The number of nitrogens with zero attached hydrogens (tertiary/aromatic N) is 2. The van der Waals surface area contributed by atoms with Gasteiger partial charge >= 0.3 is 0 Å². The van der Waals surface area contributed by atoms with Crippen LogP contribution in [-0.4, -0.2) is 60.8 Å². The molecular formula is C20H41IN4O. The minimum absolute atomic E-state index is 0. The second-order valence-electron chi connectivity index (χ2n) is 7.78. The minimum atomic E-state index is 0. The Kier molecular flexibility index (Phi) is 12.9. The molecule has 6 heteroatoms. The van der Waals surface area contributed by atoms with Crippen molar-refractivity contribution in [2.75, 3.05) is 32.8 Å². The van der Waals surface area contributed by atoms with Crippen molar-refractivity contribution in [1.82, 2.24) is 15.5 Å². The Balaban J connectivity index is 0.00000338. The summed E-state index contributed by atoms with van der Waals surface area (Å²) in [4.78, 5) is 7.53. The van der Waals surface area contributed by atoms with Crippen LogP contribution in [0.2, 0.25) is 0 Å². The van der Waals surface area contributed by atoms with E-state index in [1.807, 2.05) is 0 Å². The third-order valence-corrected chi connectivity index (χ3v) is 5.80. The molecule has 0 bridgehead atoms. The normalized spacial score (nSPS) is 21.4. The number of hydrogen-bond acceptors (Lipinski definition) is 3. The molecule has 1 atom stereocenters. The van der Waals surface area contributed by atoms with Crippen molar-refractivity contribution in [1.29, 1.82) is 0 Å². The molecule has 26 heavy (non-hydrogen) atoms. The summed E-state index contributed by atoms with van der Waals surface area (Å²) >= 11 is 0. The first-order chi connectivity index (χ1) is 12.3. The topological polar surface area (TPSA) is 59.9 Å². The van der Waals surface area contributed by atoms with E-state index >= 15 is 0 Å². The zero-order valence-corrected chi connectivity index (χ0v) is 19.2. The van der Waals surface area contributed by atoms with Crippen molar-refractivity contribution >= 4 is 29.9 Å². The van der Waals surface area contributed by atoms with Gasteiger partial charge in [0.05, 0.1) is 0 Å². The Morgan fingerprint density at radius 3 is 2.38 bits per heavy atom. The summed E-state index contributed by atoms with van der Waals surface area (Å²) in [5, 5.41) is 16.3. The number of guanidine groups is 1. The van der Waals surface area contributed by atoms with Crippen LogP contribution in [0.5, 0.6) is 0 Å². The van der Waals surface area contributed by atoms with Gasteiger partial charge in [0, 0.05) is 44.9 Å². The predicted octanol–water partition coefficient (Wildman–Crippen LogP) is 3.37. The van der Waals surface area contributed by atoms with E-state index in [-0.39, 0.29) is 30.6 Å². The number of aliphatic imine (C=N–C) groups is 1. The largest absolute Gasteiger partial charge is 0.396 e. The fraction of sp³-hybridized carbons (Fsp3) is 0.950. The van der Waals surface area contributed by atoms with Crippen LogP contribution in [0.25, 0.3) is 0 Å². The zero-order valence-electron chi connectivity index (χ0n) is 16.9. The van der Waals surface area contributed by atoms with Gasteiger partial charge in [-0.3, -0.25) is 4.99 Å². The maximum atomic E-state index is 9.22. The van der Waals surface area contributed by atoms with E-state index < -0.39 is 0 Å². The molecule has 0 spiro atoms. The first-order valence-corrected chi connectivity index (χ1v) is 10.7. The van der Waals surface area contributed by atoms with Crippen LogP contribution in [0.3, 0.4) is 0 Å². The summed E-state index contributed by atoms with van der Waals surface area (Å²) in [7, 11) is 0. The summed E-state index contributed by atoms with van der Waals surface area (Å²) < 4.78 is 0. The van der Waals surface area contributed by atoms with Crippen LogP contribution >= 0.6 is 24.0 Å². The van der Waals surface area contributed by atoms with Gasteiger partial charge in [-0.1, -0.05) is 26.2 Å². The van der Waals surface area contributed by atoms with Crippen molar-refractivity contribution in [3.63, 3.8) is 0 Å². The molecule has 1 aliphatic heterocycles. The molecule has 0 radical (unpaired) electrons. The lowest BCUT2D eigenvalue weighted by Crippen LogP contribution is -2.50. The zero-order chi connectivity index (χ0) is 17.9. The highest BCUT2D eigenvalue weighted by molar-refractivity contribution is 14.0. The van der Waals surface area contributed by atoms with Crippen LogP contribution in [0.1, 0.15) is 71.6 Å². The van der Waals surface area contributed by atoms with Crippen LogP contribution in [0.15, 0.2) is 4.99 Å². The maximum Gasteiger partial charge on any atom is 0.191 e. The second-order valence-corrected chi connectivity index (χ2v) is 7.78. The van der Waals surface area contributed by atoms with Crippen molar-refractivity contribution in [2.45, 2.75) is 83.7 Å². The maximum absolute atomic E-state index is 9.22. The van der Waals surface area contributed by atoms with Gasteiger partial charge in [-0.15, -0.1) is 24.0 Å². The molecule has 2 rings (SSSR count). The van der Waals surface area contributed by atoms with Gasteiger partial charge in [0.1, 0.15) is 0 Å². The Morgan fingerprint density at radius 2 is 1.81 bits per heavy atom. The molecule has 0 aromatic carbocycles. The number of aliphatic hydroxyl groups is 1. The number of rotatable bonds is 9. The van der Waals surface area contributed by atoms with E-state index in [1.165, 1.54) is 51.6 Å². The van der Waals surface area contributed by atoms with Gasteiger partial charge in [0.2, 0.25) is 0 Å². The van der Waals surface area contributed by atoms with Crippen molar-refractivity contribution in [2.24, 2.45) is 10.9 Å². The number of piperidine rings is 1. The number of hydrogen-bond donors (Lipinski definition) is 3. The lowest BCUT2D eigenvalue weighted by Gasteiger charge is -2.36. The molecule has 2 aliphatic rings. The van der Waals surface area contributed by atoms with Crippen LogP contribution in [-0.2, 0) is 0 Å². The molecule has 0 aromatic rings. The van der Waals surface area contributed by atoms with Gasteiger partial charge in [-0.05, 0) is 51.4 Å². The summed E-state index contributed by atoms with van der Waals surface area (Å²) in [6.45, 7) is 8.75. The summed E-state index contributed by atoms with van der Waals surface area (Å²) in [6.07, 6.45) is 11.3. The van der Waals surface area contributed by atoms with Gasteiger partial charge in [-0.25, -0.2) is 0 Å². The summed E-state index contributed by atoms with van der Waals surface area (Å²) in [5.74, 6) is 1.45. The van der Waals surface area contributed by atoms with E-state index in [9.17, 15) is 5.11 Å². The van der Waals surface area contributed by atoms with Gasteiger partial charge in [0.15, 0.2) is 5.96 Å². The van der Waals surface area contributed by atoms with Crippen molar-refractivity contribution in [3.05, 3.63) is 0 Å². The monoisotopic (exact) mass is 480 g/mol. The van der Waals surface area contributed by atoms with Crippen LogP contribution < -0.4 is 10.6 Å². The highest BCUT2D eigenvalue weighted by atomic mass is 127. The first kappa shape index (κ1) is 24.0. The van der Waals surface area contributed by atoms with Gasteiger partial charge < -0.3 is 20.6 Å². The van der Waals surface area contributed by atoms with E-state index in [4.69, 9.17) is 4.99 Å². The molecule has 1 saturated carbocycles. The standard InChI is InChI=1S/C20H40N4O.HI/c1-3-7-17(12-15-25)16-22-20(21-4-2)23-18-10-13-24(14-11-18)19-8-5-6-9-19;/h17-19,25H,3-16H2,1-2H3,(H2,21,22,23);1H. The van der Waals surface area contributed by atoms with Gasteiger partial charge in [0.25, 0.3) is 0 Å². The average Bonchev–Trinajstić information content (AvgIpc) is 3.15. The molecule has 0 aromatic heterocycles. The molecule has 5 nitrogen and oxygen atoms in total. The van der Waals surface area contributed by atoms with Gasteiger partial charge in [-0.2, -0.15) is 0 Å². The lowest BCUT2D eigenvalue weighted by atomic mass is 10.0. The number of aliphatic hydroxyl groups excluding tert-OH is 1. The molecule has 1 unspecified atom stereocenters. The van der Waals surface area contributed by atoms with E-state index in [1.54, 1.807) is 0 Å². The first-order valence-electron chi connectivity index (χ1n) is 10.7. The third kappa shape index (κ3) is 8.30. The molecular weight excluding hydrogens is 439 g/mol. The number of likely N-dealkylation sites (tertiary alicyclic amines) is 1. The highest BCUT2D eigenvalue weighted by Gasteiger charge is 2.27. The predicted molar refractivity (Wildman–Crippen MR) is 121 cm³/mol. The second kappa shape index (κ2) is 14.0. The highest BCUT2D eigenvalue weighted by Crippen LogP contribution is 2.26. The molecule has 2 fully saturated rings. The van der Waals surface area contributed by atoms with Crippen molar-refractivity contribution < 1.29 is 5.11 Å². The smallest absolute Gasteiger partial charge is 0.191 e. The minimum Gasteiger partial charge on any atom is -0.396 e. The van der Waals surface area contributed by atoms with E-state index in [0.717, 1.165) is 44.4 Å². The Morgan fingerprint density at radius 1 is 1.12 bits per heavy atom. The fourth-order valence-corrected chi connectivity index (χ4v) is 4.33. The molecule has 154 valence electrons. The number of nitrogens with one attached hydrogen (secondary N) is 2. The molecule has 1 heterocycles. The molecule has 0 amide bonds. The quantitative estimate of drug-likeness (QED) is 0.269. The summed E-state index contributed by atoms with van der Waals surface area (Å²) in [5.41, 5.74) is 0. The average molecular weight is 480 g/mol. The Labute approximate surface area is 177 Å². The molecule has 1 aliphatic carbocycles. The van der Waals surface area contributed by atoms with Crippen LogP contribution in [0.4, 0.5) is 0 Å². The van der Waals surface area contributed by atoms with Crippen LogP contribution in [0, 0.1) is 5.92 Å². The van der Waals surface area contributed by atoms with Crippen molar-refractivity contribution in [3.8, 4) is 0 Å². The molecule has 3 N–H and O–H groups in total.